The first kappa shape index (κ1) is 13.1. The number of rotatable bonds is 3. The minimum absolute atomic E-state index is 0.0374. The van der Waals surface area contributed by atoms with Crippen molar-refractivity contribution in [2.45, 2.75) is 44.9 Å². The third kappa shape index (κ3) is 3.09. The molecule has 1 fully saturated rings. The number of amides is 1. The summed E-state index contributed by atoms with van der Waals surface area (Å²) in [5.41, 5.74) is 7.60. The lowest BCUT2D eigenvalue weighted by atomic mass is 10.1. The van der Waals surface area contributed by atoms with E-state index >= 15 is 0 Å². The highest BCUT2D eigenvalue weighted by atomic mass is 16.5. The van der Waals surface area contributed by atoms with Crippen LogP contribution < -0.4 is 11.1 Å². The molecule has 0 bridgehead atoms. The number of hydrogen-bond acceptors (Lipinski definition) is 3. The lowest BCUT2D eigenvalue weighted by molar-refractivity contribution is -0.126. The zero-order valence-electron chi connectivity index (χ0n) is 10.8. The first-order valence-corrected chi connectivity index (χ1v) is 6.38. The number of benzene rings is 1. The van der Waals surface area contributed by atoms with Crippen LogP contribution in [0.4, 0.5) is 5.69 Å². The Hall–Kier alpha value is -1.39. The quantitative estimate of drug-likeness (QED) is 0.862. The Bertz CT molecular complexity index is 432. The Morgan fingerprint density at radius 3 is 2.89 bits per heavy atom. The molecule has 4 nitrogen and oxygen atoms in total. The van der Waals surface area contributed by atoms with Crippen molar-refractivity contribution in [1.29, 1.82) is 0 Å². The molecule has 4 heteroatoms. The van der Waals surface area contributed by atoms with Crippen molar-refractivity contribution in [2.75, 3.05) is 5.32 Å². The first-order valence-electron chi connectivity index (χ1n) is 6.38. The van der Waals surface area contributed by atoms with Gasteiger partial charge < -0.3 is 15.8 Å². The van der Waals surface area contributed by atoms with Crippen molar-refractivity contribution in [3.8, 4) is 0 Å². The molecular formula is C14H20N2O2. The van der Waals surface area contributed by atoms with Crippen molar-refractivity contribution in [3.05, 3.63) is 29.8 Å². The molecule has 0 spiro atoms. The first-order chi connectivity index (χ1) is 8.56. The van der Waals surface area contributed by atoms with Gasteiger partial charge in [-0.1, -0.05) is 12.1 Å². The fourth-order valence-electron chi connectivity index (χ4n) is 2.12. The van der Waals surface area contributed by atoms with Crippen LogP contribution in [0, 0.1) is 0 Å². The Labute approximate surface area is 108 Å². The van der Waals surface area contributed by atoms with E-state index < -0.39 is 0 Å². The molecule has 1 saturated heterocycles. The highest BCUT2D eigenvalue weighted by molar-refractivity contribution is 5.94. The number of nitrogens with two attached hydrogens (primary N) is 1. The molecule has 0 saturated carbocycles. The molecular weight excluding hydrogens is 228 g/mol. The van der Waals surface area contributed by atoms with Gasteiger partial charge in [0.05, 0.1) is 6.10 Å². The van der Waals surface area contributed by atoms with Gasteiger partial charge >= 0.3 is 0 Å². The smallest absolute Gasteiger partial charge is 0.253 e. The zero-order chi connectivity index (χ0) is 13.1. The molecule has 0 aliphatic carbocycles. The predicted octanol–water partition coefficient (Wildman–Crippen LogP) is 2.21. The van der Waals surface area contributed by atoms with Crippen molar-refractivity contribution in [1.82, 2.24) is 0 Å². The van der Waals surface area contributed by atoms with Crippen LogP contribution >= 0.6 is 0 Å². The SMILES string of the molecule is CC1CCC(C(=O)Nc2cccc(C(C)N)c2)O1. The molecule has 3 atom stereocenters. The summed E-state index contributed by atoms with van der Waals surface area (Å²) in [5, 5.41) is 2.88. The van der Waals surface area contributed by atoms with Crippen molar-refractivity contribution >= 4 is 11.6 Å². The Morgan fingerprint density at radius 2 is 2.28 bits per heavy atom. The second-order valence-corrected chi connectivity index (χ2v) is 4.92. The monoisotopic (exact) mass is 248 g/mol. The number of carbonyl (C=O) groups is 1. The molecule has 0 aromatic heterocycles. The van der Waals surface area contributed by atoms with E-state index in [2.05, 4.69) is 5.32 Å². The van der Waals surface area contributed by atoms with Gasteiger partial charge in [-0.3, -0.25) is 4.79 Å². The lowest BCUT2D eigenvalue weighted by Gasteiger charge is -2.13. The average Bonchev–Trinajstić information content (AvgIpc) is 2.76. The topological polar surface area (TPSA) is 64.4 Å². The molecule has 3 unspecified atom stereocenters. The Balaban J connectivity index is 2.00. The van der Waals surface area contributed by atoms with E-state index in [1.807, 2.05) is 38.1 Å². The highest BCUT2D eigenvalue weighted by Crippen LogP contribution is 2.21. The van der Waals surface area contributed by atoms with Crippen LogP contribution in [0.15, 0.2) is 24.3 Å². The second kappa shape index (κ2) is 5.50. The molecule has 2 rings (SSSR count). The summed E-state index contributed by atoms with van der Waals surface area (Å²) in [4.78, 5) is 12.0. The summed E-state index contributed by atoms with van der Waals surface area (Å²) in [5.74, 6) is -0.0684. The predicted molar refractivity (Wildman–Crippen MR) is 71.2 cm³/mol. The number of hydrogen-bond donors (Lipinski definition) is 2. The molecule has 1 amide bonds. The van der Waals surface area contributed by atoms with E-state index in [9.17, 15) is 4.79 Å². The van der Waals surface area contributed by atoms with E-state index in [1.165, 1.54) is 0 Å². The van der Waals surface area contributed by atoms with Gasteiger partial charge in [0.15, 0.2) is 0 Å². The van der Waals surface area contributed by atoms with Gasteiger partial charge in [0, 0.05) is 11.7 Å². The fourth-order valence-corrected chi connectivity index (χ4v) is 2.12. The van der Waals surface area contributed by atoms with Gasteiger partial charge in [0.25, 0.3) is 5.91 Å². The summed E-state index contributed by atoms with van der Waals surface area (Å²) >= 11 is 0. The zero-order valence-corrected chi connectivity index (χ0v) is 10.8. The maximum Gasteiger partial charge on any atom is 0.253 e. The van der Waals surface area contributed by atoms with Gasteiger partial charge in [0.1, 0.15) is 6.10 Å². The summed E-state index contributed by atoms with van der Waals surface area (Å²) < 4.78 is 5.54. The van der Waals surface area contributed by atoms with E-state index in [0.29, 0.717) is 0 Å². The minimum atomic E-state index is -0.320. The summed E-state index contributed by atoms with van der Waals surface area (Å²) in [6, 6.07) is 7.58. The maximum atomic E-state index is 12.0. The van der Waals surface area contributed by atoms with Gasteiger partial charge in [-0.2, -0.15) is 0 Å². The normalized spacial score (nSPS) is 24.8. The van der Waals surface area contributed by atoms with Gasteiger partial charge in [-0.25, -0.2) is 0 Å². The minimum Gasteiger partial charge on any atom is -0.365 e. The Kier molecular flexibility index (Phi) is 3.99. The third-order valence-corrected chi connectivity index (χ3v) is 3.20. The second-order valence-electron chi connectivity index (χ2n) is 4.92. The van der Waals surface area contributed by atoms with Gasteiger partial charge in [0.2, 0.25) is 0 Å². The van der Waals surface area contributed by atoms with E-state index in [-0.39, 0.29) is 24.2 Å². The van der Waals surface area contributed by atoms with E-state index in [4.69, 9.17) is 10.5 Å². The number of nitrogens with one attached hydrogen (secondary N) is 1. The lowest BCUT2D eigenvalue weighted by Crippen LogP contribution is -2.27. The van der Waals surface area contributed by atoms with Crippen LogP contribution in [-0.4, -0.2) is 18.1 Å². The van der Waals surface area contributed by atoms with Crippen LogP contribution in [0.3, 0.4) is 0 Å². The maximum absolute atomic E-state index is 12.0. The Morgan fingerprint density at radius 1 is 1.50 bits per heavy atom. The molecule has 18 heavy (non-hydrogen) atoms. The largest absolute Gasteiger partial charge is 0.365 e. The summed E-state index contributed by atoms with van der Waals surface area (Å²) in [6.45, 7) is 3.91. The number of ether oxygens (including phenoxy) is 1. The average molecular weight is 248 g/mol. The molecule has 98 valence electrons. The summed E-state index contributed by atoms with van der Waals surface area (Å²) in [7, 11) is 0. The van der Waals surface area contributed by atoms with Gasteiger partial charge in [-0.15, -0.1) is 0 Å². The standard InChI is InChI=1S/C14H20N2O2/c1-9-6-7-13(18-9)14(17)16-12-5-3-4-11(8-12)10(2)15/h3-5,8-10,13H,6-7,15H2,1-2H3,(H,16,17). The van der Waals surface area contributed by atoms with Crippen molar-refractivity contribution in [3.63, 3.8) is 0 Å². The molecule has 1 aromatic carbocycles. The fraction of sp³-hybridized carbons (Fsp3) is 0.500. The van der Waals surface area contributed by atoms with Crippen LogP contribution in [0.1, 0.15) is 38.3 Å². The third-order valence-electron chi connectivity index (χ3n) is 3.20. The van der Waals surface area contributed by atoms with Gasteiger partial charge in [-0.05, 0) is 44.4 Å². The van der Waals surface area contributed by atoms with Crippen LogP contribution in [0.2, 0.25) is 0 Å². The van der Waals surface area contributed by atoms with Crippen molar-refractivity contribution in [2.24, 2.45) is 5.73 Å². The van der Waals surface area contributed by atoms with E-state index in [1.54, 1.807) is 0 Å². The van der Waals surface area contributed by atoms with Crippen LogP contribution in [0.5, 0.6) is 0 Å². The summed E-state index contributed by atoms with van der Waals surface area (Å²) in [6.07, 6.45) is 1.59. The number of anilines is 1. The molecule has 1 aromatic rings. The van der Waals surface area contributed by atoms with E-state index in [0.717, 1.165) is 24.1 Å². The van der Waals surface area contributed by atoms with Crippen LogP contribution in [-0.2, 0) is 9.53 Å². The highest BCUT2D eigenvalue weighted by Gasteiger charge is 2.28. The molecule has 0 radical (unpaired) electrons. The van der Waals surface area contributed by atoms with Crippen molar-refractivity contribution < 1.29 is 9.53 Å². The molecule has 3 N–H and O–H groups in total. The number of carbonyl (C=O) groups excluding carboxylic acids is 1. The molecule has 1 aliphatic rings. The molecule has 1 heterocycles. The molecule has 1 aliphatic heterocycles. The van der Waals surface area contributed by atoms with Crippen LogP contribution in [0.25, 0.3) is 0 Å².